The summed E-state index contributed by atoms with van der Waals surface area (Å²) in [5, 5.41) is 0. The smallest absolute Gasteiger partial charge is 0.215 e. The molecular formula is C23H28N2O2S. The summed E-state index contributed by atoms with van der Waals surface area (Å²) in [5.74, 6) is 1.15. The van der Waals surface area contributed by atoms with Gasteiger partial charge in [0.05, 0.1) is 11.8 Å². The van der Waals surface area contributed by atoms with Crippen LogP contribution in [0.25, 0.3) is 0 Å². The number of sulfonamides is 1. The first kappa shape index (κ1) is 18.3. The van der Waals surface area contributed by atoms with Crippen LogP contribution in [0.3, 0.4) is 0 Å². The summed E-state index contributed by atoms with van der Waals surface area (Å²) in [4.78, 5) is 2.44. The van der Waals surface area contributed by atoms with Gasteiger partial charge in [-0.3, -0.25) is 0 Å². The molecule has 0 radical (unpaired) electrons. The molecule has 0 unspecified atom stereocenters. The highest BCUT2D eigenvalue weighted by Crippen LogP contribution is 2.39. The average molecular weight is 397 g/mol. The summed E-state index contributed by atoms with van der Waals surface area (Å²) in [7, 11) is -3.34. The van der Waals surface area contributed by atoms with Crippen molar-refractivity contribution in [3.63, 3.8) is 0 Å². The van der Waals surface area contributed by atoms with Crippen molar-refractivity contribution in [1.82, 2.24) is 9.21 Å². The first-order chi connectivity index (χ1) is 13.6. The van der Waals surface area contributed by atoms with E-state index in [-0.39, 0.29) is 12.0 Å². The van der Waals surface area contributed by atoms with Gasteiger partial charge in [0.25, 0.3) is 0 Å². The van der Waals surface area contributed by atoms with Crippen molar-refractivity contribution >= 4 is 10.0 Å². The molecule has 4 nitrogen and oxygen atoms in total. The monoisotopic (exact) mass is 396 g/mol. The highest BCUT2D eigenvalue weighted by molar-refractivity contribution is 7.89. The maximum absolute atomic E-state index is 13.6. The fourth-order valence-corrected chi connectivity index (χ4v) is 7.50. The largest absolute Gasteiger partial charge is 0.303 e. The Hall–Kier alpha value is -1.69. The van der Waals surface area contributed by atoms with Gasteiger partial charge in [-0.1, -0.05) is 54.6 Å². The Kier molecular flexibility index (Phi) is 4.77. The van der Waals surface area contributed by atoms with Crippen molar-refractivity contribution in [2.45, 2.75) is 25.3 Å². The lowest BCUT2D eigenvalue weighted by Crippen LogP contribution is -2.51. The third-order valence-corrected chi connectivity index (χ3v) is 8.89. The number of nitrogens with zero attached hydrogens (tertiary/aromatic N) is 2. The molecule has 4 heterocycles. The Labute approximate surface area is 168 Å². The molecule has 0 aromatic heterocycles. The molecule has 5 heteroatoms. The summed E-state index contributed by atoms with van der Waals surface area (Å²) in [5.41, 5.74) is 3.47. The lowest BCUT2D eigenvalue weighted by Gasteiger charge is -2.45. The van der Waals surface area contributed by atoms with E-state index in [1.54, 1.807) is 4.31 Å². The van der Waals surface area contributed by atoms with E-state index in [9.17, 15) is 8.42 Å². The van der Waals surface area contributed by atoms with E-state index >= 15 is 0 Å². The second-order valence-electron chi connectivity index (χ2n) is 8.55. The molecule has 0 aliphatic carbocycles. The Balaban J connectivity index is 1.49. The summed E-state index contributed by atoms with van der Waals surface area (Å²) in [6.45, 7) is 3.81. The minimum Gasteiger partial charge on any atom is -0.303 e. The molecule has 0 spiro atoms. The van der Waals surface area contributed by atoms with Crippen molar-refractivity contribution in [3.8, 4) is 0 Å². The van der Waals surface area contributed by atoms with E-state index in [4.69, 9.17) is 0 Å². The average Bonchev–Trinajstić information content (AvgIpc) is 2.74. The fourth-order valence-electron chi connectivity index (χ4n) is 5.47. The van der Waals surface area contributed by atoms with Crippen molar-refractivity contribution in [2.24, 2.45) is 11.8 Å². The second-order valence-corrected chi connectivity index (χ2v) is 10.5. The zero-order chi connectivity index (χ0) is 19.1. The molecule has 6 rings (SSSR count). The van der Waals surface area contributed by atoms with Gasteiger partial charge in [-0.05, 0) is 60.9 Å². The SMILES string of the molecule is O=S(=O)(C[C@@H]1CN2CCC1CC2)N1CCc2ccccc2[C@H]1c1ccccc1. The van der Waals surface area contributed by atoms with Gasteiger partial charge in [-0.15, -0.1) is 0 Å². The molecule has 148 valence electrons. The van der Waals surface area contributed by atoms with E-state index in [0.29, 0.717) is 18.2 Å². The van der Waals surface area contributed by atoms with Crippen LogP contribution >= 0.6 is 0 Å². The van der Waals surface area contributed by atoms with Gasteiger partial charge in [0.2, 0.25) is 10.0 Å². The predicted octanol–water partition coefficient (Wildman–Crippen LogP) is 3.31. The molecule has 3 saturated heterocycles. The molecule has 2 aromatic carbocycles. The summed E-state index contributed by atoms with van der Waals surface area (Å²) >= 11 is 0. The molecule has 2 aromatic rings. The summed E-state index contributed by atoms with van der Waals surface area (Å²) in [6, 6.07) is 18.2. The molecule has 28 heavy (non-hydrogen) atoms. The minimum absolute atomic E-state index is 0.211. The first-order valence-electron chi connectivity index (χ1n) is 10.5. The van der Waals surface area contributed by atoms with E-state index in [1.165, 1.54) is 5.56 Å². The van der Waals surface area contributed by atoms with Crippen molar-refractivity contribution in [3.05, 3.63) is 71.3 Å². The maximum atomic E-state index is 13.6. The van der Waals surface area contributed by atoms with Crippen molar-refractivity contribution in [2.75, 3.05) is 31.9 Å². The van der Waals surface area contributed by atoms with Gasteiger partial charge in [0, 0.05) is 13.1 Å². The molecular weight excluding hydrogens is 368 g/mol. The normalized spacial score (nSPS) is 30.1. The van der Waals surface area contributed by atoms with E-state index < -0.39 is 10.0 Å². The summed E-state index contributed by atoms with van der Waals surface area (Å²) in [6.07, 6.45) is 3.11. The third kappa shape index (κ3) is 3.30. The van der Waals surface area contributed by atoms with Crippen LogP contribution < -0.4 is 0 Å². The van der Waals surface area contributed by atoms with Crippen LogP contribution in [0, 0.1) is 11.8 Å². The number of piperidine rings is 3. The van der Waals surface area contributed by atoms with Crippen molar-refractivity contribution in [1.29, 1.82) is 0 Å². The van der Waals surface area contributed by atoms with E-state index in [0.717, 1.165) is 50.0 Å². The van der Waals surface area contributed by atoms with Crippen LogP contribution in [-0.2, 0) is 16.4 Å². The van der Waals surface area contributed by atoms with Crippen LogP contribution in [0.1, 0.15) is 35.6 Å². The molecule has 3 fully saturated rings. The summed E-state index contributed by atoms with van der Waals surface area (Å²) < 4.78 is 29.1. The van der Waals surface area contributed by atoms with Crippen LogP contribution in [-0.4, -0.2) is 49.6 Å². The number of rotatable bonds is 4. The third-order valence-electron chi connectivity index (χ3n) is 6.93. The topological polar surface area (TPSA) is 40.6 Å². The highest BCUT2D eigenvalue weighted by Gasteiger charge is 2.41. The van der Waals surface area contributed by atoms with Crippen LogP contribution in [0.2, 0.25) is 0 Å². The minimum atomic E-state index is -3.34. The number of hydrogen-bond acceptors (Lipinski definition) is 3. The quantitative estimate of drug-likeness (QED) is 0.796. The van der Waals surface area contributed by atoms with E-state index in [1.807, 2.05) is 24.3 Å². The van der Waals surface area contributed by atoms with Gasteiger partial charge in [0.15, 0.2) is 0 Å². The van der Waals surface area contributed by atoms with Gasteiger partial charge in [-0.25, -0.2) is 8.42 Å². The molecule has 0 saturated carbocycles. The maximum Gasteiger partial charge on any atom is 0.215 e. The fraction of sp³-hybridized carbons (Fsp3) is 0.478. The number of benzene rings is 2. The molecule has 4 aliphatic heterocycles. The Morgan fingerprint density at radius 1 is 0.893 bits per heavy atom. The highest BCUT2D eigenvalue weighted by atomic mass is 32.2. The van der Waals surface area contributed by atoms with Crippen LogP contribution in [0.5, 0.6) is 0 Å². The lowest BCUT2D eigenvalue weighted by atomic mass is 9.80. The Morgan fingerprint density at radius 3 is 2.32 bits per heavy atom. The zero-order valence-electron chi connectivity index (χ0n) is 16.2. The number of hydrogen-bond donors (Lipinski definition) is 0. The van der Waals surface area contributed by atoms with Gasteiger partial charge in [-0.2, -0.15) is 4.31 Å². The molecule has 4 aliphatic rings. The molecule has 2 bridgehead atoms. The van der Waals surface area contributed by atoms with Crippen LogP contribution in [0.15, 0.2) is 54.6 Å². The molecule has 0 amide bonds. The van der Waals surface area contributed by atoms with Crippen LogP contribution in [0.4, 0.5) is 0 Å². The second kappa shape index (κ2) is 7.29. The Bertz CT molecular complexity index is 936. The van der Waals surface area contributed by atoms with Gasteiger partial charge in [0.1, 0.15) is 0 Å². The predicted molar refractivity (Wildman–Crippen MR) is 112 cm³/mol. The Morgan fingerprint density at radius 2 is 1.61 bits per heavy atom. The molecule has 0 N–H and O–H groups in total. The van der Waals surface area contributed by atoms with Gasteiger partial charge < -0.3 is 4.90 Å². The van der Waals surface area contributed by atoms with Gasteiger partial charge >= 0.3 is 0 Å². The standard InChI is InChI=1S/C23H28N2O2S/c26-28(27,17-21-16-24-13-10-18(21)11-14-24)25-15-12-19-6-4-5-9-22(19)23(25)20-7-2-1-3-8-20/h1-9,18,21,23H,10-17H2/t21-,23+/m0/s1. The number of fused-ring (bicyclic) bond motifs is 4. The molecule has 2 atom stereocenters. The lowest BCUT2D eigenvalue weighted by molar-refractivity contribution is 0.0611. The first-order valence-corrected chi connectivity index (χ1v) is 12.1. The van der Waals surface area contributed by atoms with E-state index in [2.05, 4.69) is 35.2 Å². The van der Waals surface area contributed by atoms with Crippen molar-refractivity contribution < 1.29 is 8.42 Å². The zero-order valence-corrected chi connectivity index (χ0v) is 17.0.